The minimum absolute atomic E-state index is 0.00455. The van der Waals surface area contributed by atoms with E-state index in [0.29, 0.717) is 24.3 Å². The van der Waals surface area contributed by atoms with Gasteiger partial charge in [0.05, 0.1) is 6.42 Å². The molecular formula is C19H21FO3. The number of hydrogen-bond acceptors (Lipinski definition) is 2. The number of hydrogen-bond donors (Lipinski definition) is 1. The summed E-state index contributed by atoms with van der Waals surface area (Å²) in [5, 5.41) is 9.04. The van der Waals surface area contributed by atoms with Crippen LogP contribution in [0.4, 0.5) is 4.39 Å². The Labute approximate surface area is 135 Å². The van der Waals surface area contributed by atoms with Crippen LogP contribution in [0.1, 0.15) is 43.2 Å². The van der Waals surface area contributed by atoms with Crippen molar-refractivity contribution in [3.8, 4) is 5.75 Å². The minimum Gasteiger partial charge on any atom is -0.489 e. The molecule has 0 aliphatic heterocycles. The van der Waals surface area contributed by atoms with Gasteiger partial charge in [-0.15, -0.1) is 0 Å². The summed E-state index contributed by atoms with van der Waals surface area (Å²) in [6.45, 7) is 2.34. The fourth-order valence-corrected chi connectivity index (χ4v) is 2.59. The molecule has 0 radical (unpaired) electrons. The molecule has 0 saturated heterocycles. The summed E-state index contributed by atoms with van der Waals surface area (Å²) < 4.78 is 19.5. The molecule has 0 bridgehead atoms. The molecule has 0 unspecified atom stereocenters. The fraction of sp³-hybridized carbons (Fsp3) is 0.316. The Kier molecular flexibility index (Phi) is 6.15. The van der Waals surface area contributed by atoms with Crippen molar-refractivity contribution in [3.05, 3.63) is 65.5 Å². The van der Waals surface area contributed by atoms with Crippen LogP contribution in [0.15, 0.2) is 48.5 Å². The lowest BCUT2D eigenvalue weighted by Crippen LogP contribution is -2.07. The van der Waals surface area contributed by atoms with Crippen molar-refractivity contribution in [2.24, 2.45) is 0 Å². The average molecular weight is 316 g/mol. The molecule has 4 heteroatoms. The summed E-state index contributed by atoms with van der Waals surface area (Å²) in [5.41, 5.74) is 1.67. The summed E-state index contributed by atoms with van der Waals surface area (Å²) in [5.74, 6) is -1.06. The van der Waals surface area contributed by atoms with Crippen molar-refractivity contribution in [1.82, 2.24) is 0 Å². The molecule has 23 heavy (non-hydrogen) atoms. The molecule has 0 saturated carbocycles. The van der Waals surface area contributed by atoms with Gasteiger partial charge in [0.2, 0.25) is 0 Å². The van der Waals surface area contributed by atoms with Gasteiger partial charge >= 0.3 is 5.97 Å². The first-order valence-corrected chi connectivity index (χ1v) is 7.77. The molecule has 2 aromatic carbocycles. The lowest BCUT2D eigenvalue weighted by Gasteiger charge is -2.16. The predicted octanol–water partition coefficient (Wildman–Crippen LogP) is 4.76. The van der Waals surface area contributed by atoms with Crippen LogP contribution in [-0.4, -0.2) is 11.1 Å². The second kappa shape index (κ2) is 8.32. The van der Waals surface area contributed by atoms with Crippen LogP contribution in [0.25, 0.3) is 0 Å². The lowest BCUT2D eigenvalue weighted by molar-refractivity contribution is -0.137. The lowest BCUT2D eigenvalue weighted by atomic mass is 9.91. The van der Waals surface area contributed by atoms with Crippen LogP contribution in [0, 0.1) is 5.82 Å². The zero-order valence-electron chi connectivity index (χ0n) is 13.2. The third-order valence-corrected chi connectivity index (χ3v) is 3.67. The highest BCUT2D eigenvalue weighted by Crippen LogP contribution is 2.29. The smallest absolute Gasteiger partial charge is 0.303 e. The van der Waals surface area contributed by atoms with Crippen LogP contribution < -0.4 is 4.74 Å². The molecule has 122 valence electrons. The van der Waals surface area contributed by atoms with E-state index in [1.807, 2.05) is 37.3 Å². The summed E-state index contributed by atoms with van der Waals surface area (Å²) in [4.78, 5) is 11.0. The van der Waals surface area contributed by atoms with Crippen molar-refractivity contribution in [1.29, 1.82) is 0 Å². The van der Waals surface area contributed by atoms with Crippen LogP contribution >= 0.6 is 0 Å². The highest BCUT2D eigenvalue weighted by atomic mass is 19.1. The molecule has 3 nitrogen and oxygen atoms in total. The van der Waals surface area contributed by atoms with Gasteiger partial charge in [0.1, 0.15) is 18.2 Å². The molecule has 0 aromatic heterocycles. The maximum atomic E-state index is 13.9. The Morgan fingerprint density at radius 2 is 1.96 bits per heavy atom. The van der Waals surface area contributed by atoms with Crippen molar-refractivity contribution in [2.45, 2.75) is 38.7 Å². The van der Waals surface area contributed by atoms with Crippen LogP contribution in [0.3, 0.4) is 0 Å². The predicted molar refractivity (Wildman–Crippen MR) is 87.1 cm³/mol. The first-order chi connectivity index (χ1) is 11.1. The van der Waals surface area contributed by atoms with E-state index in [-0.39, 0.29) is 12.3 Å². The van der Waals surface area contributed by atoms with E-state index in [9.17, 15) is 9.18 Å². The van der Waals surface area contributed by atoms with Crippen LogP contribution in [0.2, 0.25) is 0 Å². The molecule has 0 amide bonds. The molecule has 2 rings (SSSR count). The Morgan fingerprint density at radius 1 is 1.22 bits per heavy atom. The van der Waals surface area contributed by atoms with Crippen molar-refractivity contribution in [2.75, 3.05) is 0 Å². The number of carbonyl (C=O) groups is 1. The van der Waals surface area contributed by atoms with E-state index < -0.39 is 11.8 Å². The van der Waals surface area contributed by atoms with Crippen LogP contribution in [-0.2, 0) is 11.4 Å². The Hall–Kier alpha value is -2.36. The summed E-state index contributed by atoms with van der Waals surface area (Å²) in [6, 6.07) is 14.1. The molecule has 1 atom stereocenters. The highest BCUT2D eigenvalue weighted by Gasteiger charge is 2.16. The average Bonchev–Trinajstić information content (AvgIpc) is 2.53. The van der Waals surface area contributed by atoms with Crippen molar-refractivity contribution >= 4 is 5.97 Å². The SMILES string of the molecule is CCC[C@@H](CC(=O)O)c1cc(F)cc(OCc2ccccc2)c1. The number of ether oxygens (including phenoxy) is 1. The number of carboxylic acids is 1. The number of halogens is 1. The zero-order valence-corrected chi connectivity index (χ0v) is 13.2. The number of carboxylic acid groups (broad SMARTS) is 1. The van der Waals surface area contributed by atoms with Gasteiger partial charge in [-0.1, -0.05) is 43.7 Å². The summed E-state index contributed by atoms with van der Waals surface area (Å²) in [7, 11) is 0. The molecule has 0 heterocycles. The van der Waals surface area contributed by atoms with Gasteiger partial charge in [0.25, 0.3) is 0 Å². The first-order valence-electron chi connectivity index (χ1n) is 7.77. The maximum absolute atomic E-state index is 13.9. The minimum atomic E-state index is -0.875. The second-order valence-electron chi connectivity index (χ2n) is 5.58. The monoisotopic (exact) mass is 316 g/mol. The molecule has 0 spiro atoms. The molecule has 2 aromatic rings. The van der Waals surface area contributed by atoms with E-state index in [1.165, 1.54) is 12.1 Å². The van der Waals surface area contributed by atoms with Gasteiger partial charge in [-0.25, -0.2) is 4.39 Å². The largest absolute Gasteiger partial charge is 0.489 e. The quantitative estimate of drug-likeness (QED) is 0.763. The summed E-state index contributed by atoms with van der Waals surface area (Å²) in [6.07, 6.45) is 1.54. The molecule has 0 fully saturated rings. The topological polar surface area (TPSA) is 46.5 Å². The molecule has 1 N–H and O–H groups in total. The van der Waals surface area contributed by atoms with Gasteiger partial charge in [-0.3, -0.25) is 4.79 Å². The molecule has 0 aliphatic rings. The fourth-order valence-electron chi connectivity index (χ4n) is 2.59. The van der Waals surface area contributed by atoms with Gasteiger partial charge in [0, 0.05) is 6.07 Å². The normalized spacial score (nSPS) is 11.9. The second-order valence-corrected chi connectivity index (χ2v) is 5.58. The number of rotatable bonds is 8. The van der Waals surface area contributed by atoms with Crippen molar-refractivity contribution in [3.63, 3.8) is 0 Å². The van der Waals surface area contributed by atoms with E-state index in [4.69, 9.17) is 9.84 Å². The molecular weight excluding hydrogens is 295 g/mol. The van der Waals surface area contributed by atoms with E-state index in [1.54, 1.807) is 6.07 Å². The number of aliphatic carboxylic acids is 1. The molecule has 0 aliphatic carbocycles. The maximum Gasteiger partial charge on any atom is 0.303 e. The first kappa shape index (κ1) is 17.0. The van der Waals surface area contributed by atoms with E-state index >= 15 is 0 Å². The van der Waals surface area contributed by atoms with Crippen LogP contribution in [0.5, 0.6) is 5.75 Å². The highest BCUT2D eigenvalue weighted by molar-refractivity contribution is 5.68. The Bertz CT molecular complexity index is 640. The van der Waals surface area contributed by atoms with Gasteiger partial charge in [0.15, 0.2) is 0 Å². The third kappa shape index (κ3) is 5.40. The Balaban J connectivity index is 2.15. The standard InChI is InChI=1S/C19H21FO3/c1-2-6-15(11-19(21)22)16-9-17(20)12-18(10-16)23-13-14-7-4-3-5-8-14/h3-5,7-10,12,15H,2,6,11,13H2,1H3,(H,21,22)/t15-/m0/s1. The van der Waals surface area contributed by atoms with E-state index in [0.717, 1.165) is 12.0 Å². The van der Waals surface area contributed by atoms with Crippen molar-refractivity contribution < 1.29 is 19.0 Å². The van der Waals surface area contributed by atoms with Gasteiger partial charge in [-0.05, 0) is 35.6 Å². The van der Waals surface area contributed by atoms with E-state index in [2.05, 4.69) is 0 Å². The third-order valence-electron chi connectivity index (χ3n) is 3.67. The van der Waals surface area contributed by atoms with Gasteiger partial charge < -0.3 is 9.84 Å². The number of benzene rings is 2. The summed E-state index contributed by atoms with van der Waals surface area (Å²) >= 11 is 0. The Morgan fingerprint density at radius 3 is 2.61 bits per heavy atom. The zero-order chi connectivity index (χ0) is 16.7. The van der Waals surface area contributed by atoms with Gasteiger partial charge in [-0.2, -0.15) is 0 Å².